The molecule has 1 aliphatic carbocycles. The fraction of sp³-hybridized carbons (Fsp3) is 0.290. The van der Waals surface area contributed by atoms with Crippen LogP contribution in [0.2, 0.25) is 0 Å². The molecule has 1 fully saturated rings. The standard InChI is InChI=1S/C31H30N4O3/c1-19-15-23(17-32-20(19)2)21-7-6-8-22(16-21)27(36)29(38)35-14-11-26-25(18-35)28(37)34-30(33-26)31(12-13-31)24-9-4-3-5-10-24/h3-10,15-17,27,36H,11-14,18H2,1-2H3,(H,33,34,37). The van der Waals surface area contributed by atoms with E-state index in [4.69, 9.17) is 4.98 Å². The van der Waals surface area contributed by atoms with Crippen LogP contribution < -0.4 is 5.56 Å². The molecule has 1 aliphatic heterocycles. The Kier molecular flexibility index (Phi) is 5.95. The summed E-state index contributed by atoms with van der Waals surface area (Å²) in [6.07, 6.45) is 2.85. The molecule has 2 aromatic heterocycles. The van der Waals surface area contributed by atoms with E-state index in [-0.39, 0.29) is 17.5 Å². The van der Waals surface area contributed by atoms with Crippen LogP contribution in [0.4, 0.5) is 0 Å². The van der Waals surface area contributed by atoms with E-state index in [0.717, 1.165) is 46.5 Å². The lowest BCUT2D eigenvalue weighted by Crippen LogP contribution is -2.42. The van der Waals surface area contributed by atoms with Crippen LogP contribution in [0.3, 0.4) is 0 Å². The number of fused-ring (bicyclic) bond motifs is 1. The highest BCUT2D eigenvalue weighted by Crippen LogP contribution is 2.51. The van der Waals surface area contributed by atoms with Gasteiger partial charge in [0.1, 0.15) is 5.82 Å². The number of hydrogen-bond acceptors (Lipinski definition) is 5. The lowest BCUT2D eigenvalue weighted by molar-refractivity contribution is -0.141. The van der Waals surface area contributed by atoms with E-state index in [1.165, 1.54) is 0 Å². The second kappa shape index (κ2) is 9.33. The van der Waals surface area contributed by atoms with Gasteiger partial charge in [0.25, 0.3) is 11.5 Å². The molecule has 1 unspecified atom stereocenters. The first-order chi connectivity index (χ1) is 18.4. The van der Waals surface area contributed by atoms with Crippen molar-refractivity contribution in [1.82, 2.24) is 19.9 Å². The van der Waals surface area contributed by atoms with Crippen LogP contribution in [0, 0.1) is 13.8 Å². The van der Waals surface area contributed by atoms with E-state index in [0.29, 0.717) is 29.9 Å². The lowest BCUT2D eigenvalue weighted by Gasteiger charge is -2.30. The highest BCUT2D eigenvalue weighted by Gasteiger charge is 2.48. The third kappa shape index (κ3) is 4.23. The van der Waals surface area contributed by atoms with Crippen molar-refractivity contribution in [2.24, 2.45) is 0 Å². The summed E-state index contributed by atoms with van der Waals surface area (Å²) < 4.78 is 0. The summed E-state index contributed by atoms with van der Waals surface area (Å²) >= 11 is 0. The molecule has 1 amide bonds. The zero-order valence-electron chi connectivity index (χ0n) is 21.6. The first kappa shape index (κ1) is 24.2. The molecule has 0 radical (unpaired) electrons. The molecular formula is C31H30N4O3. The molecule has 0 bridgehead atoms. The van der Waals surface area contributed by atoms with Gasteiger partial charge < -0.3 is 15.0 Å². The second-order valence-corrected chi connectivity index (χ2v) is 10.5. The number of pyridine rings is 1. The van der Waals surface area contributed by atoms with E-state index in [1.807, 2.05) is 56.3 Å². The van der Waals surface area contributed by atoms with Gasteiger partial charge in [-0.3, -0.25) is 14.6 Å². The van der Waals surface area contributed by atoms with Gasteiger partial charge in [0, 0.05) is 30.4 Å². The molecule has 7 nitrogen and oxygen atoms in total. The fourth-order valence-corrected chi connectivity index (χ4v) is 5.39. The van der Waals surface area contributed by atoms with Crippen LogP contribution in [-0.2, 0) is 23.2 Å². The van der Waals surface area contributed by atoms with Gasteiger partial charge in [0.2, 0.25) is 0 Å². The number of nitrogens with one attached hydrogen (secondary N) is 1. The van der Waals surface area contributed by atoms with Crippen LogP contribution in [0.15, 0.2) is 71.7 Å². The van der Waals surface area contributed by atoms with Crippen molar-refractivity contribution in [3.63, 3.8) is 0 Å². The Morgan fingerprint density at radius 2 is 1.84 bits per heavy atom. The molecule has 2 aliphatic rings. The van der Waals surface area contributed by atoms with Gasteiger partial charge in [-0.1, -0.05) is 48.5 Å². The number of aliphatic hydroxyl groups excluding tert-OH is 1. The van der Waals surface area contributed by atoms with Crippen molar-refractivity contribution in [3.8, 4) is 11.1 Å². The van der Waals surface area contributed by atoms with Gasteiger partial charge >= 0.3 is 0 Å². The minimum Gasteiger partial charge on any atom is -0.378 e. The summed E-state index contributed by atoms with van der Waals surface area (Å²) in [5.74, 6) is 0.294. The van der Waals surface area contributed by atoms with Gasteiger partial charge in [0.05, 0.1) is 23.2 Å². The number of aliphatic hydroxyl groups is 1. The first-order valence-electron chi connectivity index (χ1n) is 13.0. The maximum Gasteiger partial charge on any atom is 0.256 e. The summed E-state index contributed by atoms with van der Waals surface area (Å²) in [4.78, 5) is 40.4. The largest absolute Gasteiger partial charge is 0.378 e. The predicted octanol–water partition coefficient (Wildman–Crippen LogP) is 4.15. The van der Waals surface area contributed by atoms with Crippen molar-refractivity contribution in [1.29, 1.82) is 0 Å². The summed E-state index contributed by atoms with van der Waals surface area (Å²) in [7, 11) is 0. The first-order valence-corrected chi connectivity index (χ1v) is 13.0. The van der Waals surface area contributed by atoms with E-state index in [9.17, 15) is 14.7 Å². The van der Waals surface area contributed by atoms with Gasteiger partial charge in [-0.2, -0.15) is 0 Å². The van der Waals surface area contributed by atoms with Crippen LogP contribution in [-0.4, -0.2) is 37.4 Å². The minimum atomic E-state index is -1.32. The Balaban J connectivity index is 1.22. The lowest BCUT2D eigenvalue weighted by atomic mass is 9.94. The van der Waals surface area contributed by atoms with Crippen molar-refractivity contribution in [3.05, 3.63) is 117 Å². The van der Waals surface area contributed by atoms with Crippen LogP contribution in [0.1, 0.15) is 58.4 Å². The number of aromatic amines is 1. The average molecular weight is 507 g/mol. The Morgan fingerprint density at radius 3 is 2.58 bits per heavy atom. The van der Waals surface area contributed by atoms with Gasteiger partial charge in [-0.05, 0) is 61.1 Å². The van der Waals surface area contributed by atoms with E-state index in [2.05, 4.69) is 22.1 Å². The maximum atomic E-state index is 13.3. The number of amides is 1. The third-order valence-corrected chi connectivity index (χ3v) is 8.02. The molecule has 0 saturated heterocycles. The fourth-order valence-electron chi connectivity index (χ4n) is 5.39. The topological polar surface area (TPSA) is 99.2 Å². The van der Waals surface area contributed by atoms with Crippen molar-refractivity contribution < 1.29 is 9.90 Å². The highest BCUT2D eigenvalue weighted by molar-refractivity contribution is 5.83. The number of aromatic nitrogens is 3. The second-order valence-electron chi connectivity index (χ2n) is 10.5. The van der Waals surface area contributed by atoms with Gasteiger partial charge in [-0.25, -0.2) is 4.98 Å². The zero-order chi connectivity index (χ0) is 26.4. The quantitative estimate of drug-likeness (QED) is 0.424. The molecule has 4 aromatic rings. The SMILES string of the molecule is Cc1cc(-c2cccc(C(O)C(=O)N3CCc4nc(C5(c6ccccc6)CC5)[nH]c(=O)c4C3)c2)cnc1C. The smallest absolute Gasteiger partial charge is 0.256 e. The van der Waals surface area contributed by atoms with Crippen LogP contribution >= 0.6 is 0 Å². The molecule has 6 rings (SSSR count). The Labute approximate surface area is 221 Å². The summed E-state index contributed by atoms with van der Waals surface area (Å²) in [5.41, 5.74) is 6.35. The minimum absolute atomic E-state index is 0.132. The van der Waals surface area contributed by atoms with Crippen molar-refractivity contribution in [2.45, 2.75) is 51.2 Å². The number of carbonyl (C=O) groups excluding carboxylic acids is 1. The molecule has 2 N–H and O–H groups in total. The van der Waals surface area contributed by atoms with Gasteiger partial charge in [-0.15, -0.1) is 0 Å². The average Bonchev–Trinajstić information content (AvgIpc) is 3.76. The van der Waals surface area contributed by atoms with Crippen LogP contribution in [0.5, 0.6) is 0 Å². The number of rotatable bonds is 5. The molecule has 7 heteroatoms. The molecule has 38 heavy (non-hydrogen) atoms. The number of nitrogens with zero attached hydrogens (tertiary/aromatic N) is 3. The Morgan fingerprint density at radius 1 is 1.05 bits per heavy atom. The van der Waals surface area contributed by atoms with Gasteiger partial charge in [0.15, 0.2) is 6.10 Å². The molecule has 192 valence electrons. The summed E-state index contributed by atoms with van der Waals surface area (Å²) in [5, 5.41) is 11.0. The van der Waals surface area contributed by atoms with E-state index in [1.54, 1.807) is 17.2 Å². The number of benzene rings is 2. The molecule has 0 spiro atoms. The molecule has 2 aromatic carbocycles. The number of hydrogen-bond donors (Lipinski definition) is 2. The van der Waals surface area contributed by atoms with Crippen molar-refractivity contribution in [2.75, 3.05) is 6.54 Å². The van der Waals surface area contributed by atoms with E-state index < -0.39 is 12.0 Å². The molecule has 3 heterocycles. The predicted molar refractivity (Wildman–Crippen MR) is 145 cm³/mol. The summed E-state index contributed by atoms with van der Waals surface area (Å²) in [6, 6.07) is 19.6. The number of H-pyrrole nitrogens is 1. The molecular weight excluding hydrogens is 476 g/mol. The van der Waals surface area contributed by atoms with Crippen LogP contribution in [0.25, 0.3) is 11.1 Å². The Hall–Kier alpha value is -4.10. The highest BCUT2D eigenvalue weighted by atomic mass is 16.3. The van der Waals surface area contributed by atoms with E-state index >= 15 is 0 Å². The monoisotopic (exact) mass is 506 g/mol. The normalized spacial score (nSPS) is 16.6. The maximum absolute atomic E-state index is 13.3. The third-order valence-electron chi connectivity index (χ3n) is 8.02. The molecule has 1 saturated carbocycles. The number of aryl methyl sites for hydroxylation is 2. The summed E-state index contributed by atoms with van der Waals surface area (Å²) in [6.45, 7) is 4.50. The molecule has 1 atom stereocenters. The zero-order valence-corrected chi connectivity index (χ0v) is 21.6. The van der Waals surface area contributed by atoms with Crippen molar-refractivity contribution >= 4 is 5.91 Å². The number of carbonyl (C=O) groups is 1. The Bertz CT molecular complexity index is 1590.